The molecule has 188 valence electrons. The van der Waals surface area contributed by atoms with Crippen molar-refractivity contribution in [1.29, 1.82) is 0 Å². The molecule has 1 aliphatic heterocycles. The van der Waals surface area contributed by atoms with Crippen LogP contribution in [0.5, 0.6) is 5.75 Å². The van der Waals surface area contributed by atoms with E-state index in [4.69, 9.17) is 4.74 Å². The maximum atomic E-state index is 13.6. The number of halogens is 2. The van der Waals surface area contributed by atoms with Crippen LogP contribution in [-0.4, -0.2) is 37.9 Å². The molecule has 4 rings (SSSR count). The van der Waals surface area contributed by atoms with E-state index >= 15 is 0 Å². The smallest absolute Gasteiger partial charge is 0.387 e. The van der Waals surface area contributed by atoms with Crippen LogP contribution in [0.25, 0.3) is 6.08 Å². The van der Waals surface area contributed by atoms with Crippen LogP contribution in [0.15, 0.2) is 69.6 Å². The summed E-state index contributed by atoms with van der Waals surface area (Å²) in [6.07, 6.45) is 1.78. The summed E-state index contributed by atoms with van der Waals surface area (Å²) < 4.78 is 36.9. The first-order valence-corrected chi connectivity index (χ1v) is 12.0. The van der Waals surface area contributed by atoms with Gasteiger partial charge < -0.3 is 14.4 Å². The van der Waals surface area contributed by atoms with E-state index in [-0.39, 0.29) is 23.5 Å². The van der Waals surface area contributed by atoms with Crippen LogP contribution in [-0.2, 0) is 9.53 Å². The first-order chi connectivity index (χ1) is 17.2. The minimum atomic E-state index is -2.96. The van der Waals surface area contributed by atoms with Gasteiger partial charge in [0.1, 0.15) is 5.75 Å². The molecular weight excluding hydrogens is 488 g/mol. The number of ether oxygens (including phenoxy) is 2. The molecule has 0 amide bonds. The fourth-order valence-electron chi connectivity index (χ4n) is 3.96. The van der Waals surface area contributed by atoms with Gasteiger partial charge in [0.25, 0.3) is 5.56 Å². The molecular formula is C26H25F2N3O4S. The molecule has 3 aromatic rings. The fourth-order valence-corrected chi connectivity index (χ4v) is 5.01. The predicted molar refractivity (Wildman–Crippen MR) is 134 cm³/mol. The van der Waals surface area contributed by atoms with E-state index in [0.717, 1.165) is 11.3 Å². The average molecular weight is 514 g/mol. The number of thiazole rings is 1. The lowest BCUT2D eigenvalue weighted by molar-refractivity contribution is -0.139. The summed E-state index contributed by atoms with van der Waals surface area (Å²) in [5.41, 5.74) is 2.74. The molecule has 1 aromatic heterocycles. The van der Waals surface area contributed by atoms with Crippen LogP contribution >= 0.6 is 11.3 Å². The van der Waals surface area contributed by atoms with E-state index in [0.29, 0.717) is 20.6 Å². The second-order valence-corrected chi connectivity index (χ2v) is 9.24. The Labute approximate surface area is 210 Å². The van der Waals surface area contributed by atoms with Crippen molar-refractivity contribution in [3.63, 3.8) is 0 Å². The molecule has 1 atom stereocenters. The van der Waals surface area contributed by atoms with Crippen LogP contribution in [0.2, 0.25) is 0 Å². The van der Waals surface area contributed by atoms with Gasteiger partial charge >= 0.3 is 12.6 Å². The quantitative estimate of drug-likeness (QED) is 0.453. The third kappa shape index (κ3) is 5.08. The predicted octanol–water partition coefficient (Wildman–Crippen LogP) is 3.47. The summed E-state index contributed by atoms with van der Waals surface area (Å²) >= 11 is 1.22. The highest BCUT2D eigenvalue weighted by molar-refractivity contribution is 7.07. The molecule has 36 heavy (non-hydrogen) atoms. The average Bonchev–Trinajstić information content (AvgIpc) is 3.13. The lowest BCUT2D eigenvalue weighted by atomic mass is 9.96. The Morgan fingerprint density at radius 2 is 1.83 bits per heavy atom. The van der Waals surface area contributed by atoms with E-state index in [1.165, 1.54) is 28.0 Å². The molecule has 0 aliphatic carbocycles. The number of anilines is 1. The zero-order chi connectivity index (χ0) is 26.0. The minimum absolute atomic E-state index is 0.0271. The van der Waals surface area contributed by atoms with Crippen LogP contribution in [0.1, 0.15) is 31.0 Å². The highest BCUT2D eigenvalue weighted by Gasteiger charge is 2.33. The van der Waals surface area contributed by atoms with Crippen LogP contribution in [0.3, 0.4) is 0 Å². The number of fused-ring (bicyclic) bond motifs is 1. The maximum Gasteiger partial charge on any atom is 0.387 e. The number of rotatable bonds is 7. The summed E-state index contributed by atoms with van der Waals surface area (Å²) in [4.78, 5) is 33.5. The van der Waals surface area contributed by atoms with Gasteiger partial charge in [0.05, 0.1) is 28.5 Å². The number of carbonyl (C=O) groups excluding carboxylic acids is 1. The zero-order valence-electron chi connectivity index (χ0n) is 20.2. The fraction of sp³-hybridized carbons (Fsp3) is 0.269. The number of aromatic nitrogens is 1. The summed E-state index contributed by atoms with van der Waals surface area (Å²) in [5.74, 6) is -0.620. The van der Waals surface area contributed by atoms with Gasteiger partial charge in [-0.2, -0.15) is 8.78 Å². The second-order valence-electron chi connectivity index (χ2n) is 8.24. The monoisotopic (exact) mass is 513 g/mol. The molecule has 0 N–H and O–H groups in total. The van der Waals surface area contributed by atoms with E-state index in [1.807, 2.05) is 43.3 Å². The zero-order valence-corrected chi connectivity index (χ0v) is 21.0. The first-order valence-electron chi connectivity index (χ1n) is 11.2. The Kier molecular flexibility index (Phi) is 7.35. The Balaban J connectivity index is 1.86. The molecule has 0 radical (unpaired) electrons. The van der Waals surface area contributed by atoms with Gasteiger partial charge in [-0.1, -0.05) is 35.6 Å². The van der Waals surface area contributed by atoms with E-state index < -0.39 is 18.6 Å². The van der Waals surface area contributed by atoms with Crippen molar-refractivity contribution in [1.82, 2.24) is 4.57 Å². The standard InChI is InChI=1S/C26H25F2N3O4S/c1-5-34-24(33)21-15(2)29-26-31(22(21)17-8-12-19(13-9-17)35-25(27)28)23(32)20(36-26)14-16-6-10-18(11-7-16)30(3)4/h6-14,22,25H,5H2,1-4H3/b20-14+/t22-/m0/s1. The second kappa shape index (κ2) is 10.4. The van der Waals surface area contributed by atoms with Crippen molar-refractivity contribution in [3.8, 4) is 5.75 Å². The summed E-state index contributed by atoms with van der Waals surface area (Å²) in [7, 11) is 3.89. The van der Waals surface area contributed by atoms with Crippen molar-refractivity contribution in [3.05, 3.63) is 90.6 Å². The molecule has 0 bridgehead atoms. The van der Waals surface area contributed by atoms with Crippen LogP contribution < -0.4 is 24.5 Å². The van der Waals surface area contributed by atoms with Crippen molar-refractivity contribution in [2.24, 2.45) is 4.99 Å². The molecule has 1 aliphatic rings. The number of esters is 1. The number of alkyl halides is 2. The van der Waals surface area contributed by atoms with Gasteiger partial charge in [0.2, 0.25) is 0 Å². The highest BCUT2D eigenvalue weighted by atomic mass is 32.1. The molecule has 0 spiro atoms. The van der Waals surface area contributed by atoms with Gasteiger partial charge in [-0.15, -0.1) is 0 Å². The highest BCUT2D eigenvalue weighted by Crippen LogP contribution is 2.31. The molecule has 0 fully saturated rings. The molecule has 0 unspecified atom stereocenters. The normalized spacial score (nSPS) is 15.5. The van der Waals surface area contributed by atoms with E-state index in [2.05, 4.69) is 9.73 Å². The van der Waals surface area contributed by atoms with Gasteiger partial charge in [0.15, 0.2) is 4.80 Å². The number of nitrogens with zero attached hydrogens (tertiary/aromatic N) is 3. The summed E-state index contributed by atoms with van der Waals surface area (Å²) in [6, 6.07) is 12.8. The van der Waals surface area contributed by atoms with Crippen LogP contribution in [0, 0.1) is 0 Å². The van der Waals surface area contributed by atoms with E-state index in [1.54, 1.807) is 32.1 Å². The van der Waals surface area contributed by atoms with Gasteiger partial charge in [-0.25, -0.2) is 9.79 Å². The number of carbonyl (C=O) groups is 1. The largest absolute Gasteiger partial charge is 0.463 e. The van der Waals surface area contributed by atoms with Crippen molar-refractivity contribution in [2.45, 2.75) is 26.5 Å². The molecule has 2 aromatic carbocycles. The van der Waals surface area contributed by atoms with Crippen LogP contribution in [0.4, 0.5) is 14.5 Å². The molecule has 7 nitrogen and oxygen atoms in total. The Bertz CT molecular complexity index is 1470. The maximum absolute atomic E-state index is 13.6. The lowest BCUT2D eigenvalue weighted by Crippen LogP contribution is -2.39. The Morgan fingerprint density at radius 3 is 2.42 bits per heavy atom. The first kappa shape index (κ1) is 25.3. The third-order valence-electron chi connectivity index (χ3n) is 5.65. The lowest BCUT2D eigenvalue weighted by Gasteiger charge is -2.24. The number of hydrogen-bond acceptors (Lipinski definition) is 7. The van der Waals surface area contributed by atoms with Crippen molar-refractivity contribution in [2.75, 3.05) is 25.6 Å². The number of allylic oxidation sites excluding steroid dienone is 1. The van der Waals surface area contributed by atoms with Gasteiger partial charge in [-0.05, 0) is 55.3 Å². The SMILES string of the molecule is CCOC(=O)C1=C(C)N=c2s/c(=C/c3ccc(N(C)C)cc3)c(=O)n2[C@H]1c1ccc(OC(F)F)cc1. The summed E-state index contributed by atoms with van der Waals surface area (Å²) in [6.45, 7) is 0.565. The Hall–Kier alpha value is -3.79. The van der Waals surface area contributed by atoms with Crippen molar-refractivity contribution < 1.29 is 23.0 Å². The molecule has 0 saturated heterocycles. The molecule has 2 heterocycles. The van der Waals surface area contributed by atoms with E-state index in [9.17, 15) is 18.4 Å². The number of benzene rings is 2. The van der Waals surface area contributed by atoms with Crippen molar-refractivity contribution >= 4 is 29.1 Å². The molecule has 0 saturated carbocycles. The molecule has 10 heteroatoms. The number of hydrogen-bond donors (Lipinski definition) is 0. The summed E-state index contributed by atoms with van der Waals surface area (Å²) in [5, 5.41) is 0. The topological polar surface area (TPSA) is 73.1 Å². The third-order valence-corrected chi connectivity index (χ3v) is 6.63. The van der Waals surface area contributed by atoms with Gasteiger partial charge in [-0.3, -0.25) is 9.36 Å². The Morgan fingerprint density at radius 1 is 1.17 bits per heavy atom. The minimum Gasteiger partial charge on any atom is -0.463 e. The van der Waals surface area contributed by atoms with Gasteiger partial charge in [0, 0.05) is 19.8 Å².